The first-order valence-corrected chi connectivity index (χ1v) is 8.96. The Labute approximate surface area is 157 Å². The Kier molecular flexibility index (Phi) is 6.86. The zero-order valence-corrected chi connectivity index (χ0v) is 15.8. The summed E-state index contributed by atoms with van der Waals surface area (Å²) in [5.41, 5.74) is -0.850. The van der Waals surface area contributed by atoms with Gasteiger partial charge >= 0.3 is 6.18 Å². The molecule has 1 aromatic carbocycles. The molecule has 150 valence electrons. The number of halogens is 3. The summed E-state index contributed by atoms with van der Waals surface area (Å²) in [6, 6.07) is 4.40. The predicted molar refractivity (Wildman–Crippen MR) is 94.2 cm³/mol. The highest BCUT2D eigenvalue weighted by atomic mass is 19.4. The van der Waals surface area contributed by atoms with Crippen molar-refractivity contribution in [3.05, 3.63) is 35.4 Å². The van der Waals surface area contributed by atoms with Crippen LogP contribution in [-0.2, 0) is 15.7 Å². The zero-order chi connectivity index (χ0) is 20.2. The molecule has 0 aliphatic carbocycles. The number of rotatable bonds is 5. The smallest absolute Gasteiger partial charge is 0.368 e. The summed E-state index contributed by atoms with van der Waals surface area (Å²) >= 11 is 0. The highest BCUT2D eigenvalue weighted by Gasteiger charge is 2.32. The molecule has 0 spiro atoms. The molecule has 0 saturated carbocycles. The number of nitrogens with zero attached hydrogens (tertiary/aromatic N) is 2. The van der Waals surface area contributed by atoms with Crippen molar-refractivity contribution in [1.29, 1.82) is 0 Å². The maximum absolute atomic E-state index is 12.8. The van der Waals surface area contributed by atoms with E-state index in [0.717, 1.165) is 12.1 Å². The molecule has 0 N–H and O–H groups in total. The second-order valence-corrected chi connectivity index (χ2v) is 7.07. The molecular formula is C19H25F3N2O3. The molecule has 1 atom stereocenters. The number of ether oxygens (including phenoxy) is 1. The fourth-order valence-corrected chi connectivity index (χ4v) is 2.81. The molecule has 0 unspecified atom stereocenters. The van der Waals surface area contributed by atoms with Crippen LogP contribution in [0.4, 0.5) is 13.2 Å². The average Bonchev–Trinajstić information content (AvgIpc) is 2.64. The molecule has 0 aromatic heterocycles. The Morgan fingerprint density at radius 1 is 1.07 bits per heavy atom. The lowest BCUT2D eigenvalue weighted by atomic mass is 10.1. The number of amides is 2. The number of benzene rings is 1. The van der Waals surface area contributed by atoms with Gasteiger partial charge in [-0.3, -0.25) is 9.59 Å². The summed E-state index contributed by atoms with van der Waals surface area (Å²) < 4.78 is 44.0. The standard InChI is InChI=1S/C19H25F3N2O3/c1-13(2)12-27-14(3)17(25)23-7-9-24(10-8-23)18(26)15-5-4-6-16(11-15)19(20,21)22/h4-6,11,13-14H,7-10,12H2,1-3H3/t14-/m1/s1. The van der Waals surface area contributed by atoms with Crippen LogP contribution in [-0.4, -0.2) is 60.5 Å². The van der Waals surface area contributed by atoms with Gasteiger partial charge in [0.2, 0.25) is 0 Å². The van der Waals surface area contributed by atoms with Gasteiger partial charge in [-0.25, -0.2) is 0 Å². The minimum atomic E-state index is -4.49. The van der Waals surface area contributed by atoms with E-state index in [0.29, 0.717) is 25.6 Å². The molecule has 0 radical (unpaired) electrons. The number of hydrogen-bond donors (Lipinski definition) is 0. The SMILES string of the molecule is CC(C)CO[C@H](C)C(=O)N1CCN(C(=O)c2cccc(C(F)(F)F)c2)CC1. The van der Waals surface area contributed by atoms with Crippen LogP contribution in [0, 0.1) is 5.92 Å². The van der Waals surface area contributed by atoms with Crippen LogP contribution in [0.3, 0.4) is 0 Å². The molecule has 1 saturated heterocycles. The van der Waals surface area contributed by atoms with Crippen LogP contribution in [0.2, 0.25) is 0 Å². The molecular weight excluding hydrogens is 361 g/mol. The molecule has 1 aliphatic heterocycles. The molecule has 1 aliphatic rings. The third-order valence-electron chi connectivity index (χ3n) is 4.34. The van der Waals surface area contributed by atoms with E-state index in [4.69, 9.17) is 4.74 Å². The van der Waals surface area contributed by atoms with Gasteiger partial charge < -0.3 is 14.5 Å². The predicted octanol–water partition coefficient (Wildman–Crippen LogP) is 3.05. The monoisotopic (exact) mass is 386 g/mol. The summed E-state index contributed by atoms with van der Waals surface area (Å²) in [5.74, 6) is -0.277. The fraction of sp³-hybridized carbons (Fsp3) is 0.579. The van der Waals surface area contributed by atoms with E-state index in [1.54, 1.807) is 11.8 Å². The molecule has 8 heteroatoms. The lowest BCUT2D eigenvalue weighted by Crippen LogP contribution is -2.53. The normalized spacial score (nSPS) is 16.6. The lowest BCUT2D eigenvalue weighted by molar-refractivity contribution is -0.144. The Morgan fingerprint density at radius 2 is 1.67 bits per heavy atom. The number of alkyl halides is 3. The van der Waals surface area contributed by atoms with Crippen molar-refractivity contribution in [1.82, 2.24) is 9.80 Å². The van der Waals surface area contributed by atoms with E-state index in [1.165, 1.54) is 17.0 Å². The number of hydrogen-bond acceptors (Lipinski definition) is 3. The number of carbonyl (C=O) groups excluding carboxylic acids is 2. The van der Waals surface area contributed by atoms with Crippen molar-refractivity contribution in [2.75, 3.05) is 32.8 Å². The molecule has 1 heterocycles. The van der Waals surface area contributed by atoms with Crippen LogP contribution >= 0.6 is 0 Å². The molecule has 2 amide bonds. The van der Waals surface area contributed by atoms with Gasteiger partial charge in [0, 0.05) is 38.3 Å². The van der Waals surface area contributed by atoms with E-state index in [2.05, 4.69) is 0 Å². The molecule has 0 bridgehead atoms. The van der Waals surface area contributed by atoms with Crippen molar-refractivity contribution in [2.24, 2.45) is 5.92 Å². The second kappa shape index (κ2) is 8.73. The molecule has 2 rings (SSSR count). The first-order valence-electron chi connectivity index (χ1n) is 8.96. The number of piperazine rings is 1. The third-order valence-corrected chi connectivity index (χ3v) is 4.34. The van der Waals surface area contributed by atoms with Gasteiger partial charge in [-0.15, -0.1) is 0 Å². The van der Waals surface area contributed by atoms with Gasteiger partial charge in [0.15, 0.2) is 0 Å². The Bertz CT molecular complexity index is 668. The van der Waals surface area contributed by atoms with E-state index in [9.17, 15) is 22.8 Å². The Hall–Kier alpha value is -2.09. The topological polar surface area (TPSA) is 49.9 Å². The summed E-state index contributed by atoms with van der Waals surface area (Å²) in [7, 11) is 0. The van der Waals surface area contributed by atoms with E-state index in [-0.39, 0.29) is 24.6 Å². The summed E-state index contributed by atoms with van der Waals surface area (Å²) in [6.45, 7) is 7.39. The van der Waals surface area contributed by atoms with Crippen LogP contribution in [0.5, 0.6) is 0 Å². The van der Waals surface area contributed by atoms with Gasteiger partial charge in [0.1, 0.15) is 6.10 Å². The zero-order valence-electron chi connectivity index (χ0n) is 15.8. The first kappa shape index (κ1) is 21.2. The van der Waals surface area contributed by atoms with Crippen LogP contribution in [0.15, 0.2) is 24.3 Å². The van der Waals surface area contributed by atoms with Crippen molar-refractivity contribution in [3.63, 3.8) is 0 Å². The Balaban J connectivity index is 1.93. The number of carbonyl (C=O) groups is 2. The van der Waals surface area contributed by atoms with Crippen molar-refractivity contribution in [2.45, 2.75) is 33.1 Å². The molecule has 1 aromatic rings. The Morgan fingerprint density at radius 3 is 2.22 bits per heavy atom. The summed E-state index contributed by atoms with van der Waals surface area (Å²) in [5, 5.41) is 0. The molecule has 1 fully saturated rings. The first-order chi connectivity index (χ1) is 12.6. The van der Waals surface area contributed by atoms with Gasteiger partial charge in [0.25, 0.3) is 11.8 Å². The highest BCUT2D eigenvalue weighted by molar-refractivity contribution is 5.94. The van der Waals surface area contributed by atoms with E-state index < -0.39 is 23.8 Å². The lowest BCUT2D eigenvalue weighted by Gasteiger charge is -2.36. The maximum Gasteiger partial charge on any atom is 0.416 e. The molecule has 5 nitrogen and oxygen atoms in total. The van der Waals surface area contributed by atoms with Crippen molar-refractivity contribution >= 4 is 11.8 Å². The fourth-order valence-electron chi connectivity index (χ4n) is 2.81. The summed E-state index contributed by atoms with van der Waals surface area (Å²) in [4.78, 5) is 28.0. The van der Waals surface area contributed by atoms with E-state index in [1.807, 2.05) is 13.8 Å². The minimum Gasteiger partial charge on any atom is -0.368 e. The van der Waals surface area contributed by atoms with Crippen LogP contribution in [0.1, 0.15) is 36.7 Å². The summed E-state index contributed by atoms with van der Waals surface area (Å²) in [6.07, 6.45) is -5.05. The van der Waals surface area contributed by atoms with Gasteiger partial charge in [0.05, 0.1) is 5.56 Å². The van der Waals surface area contributed by atoms with Gasteiger partial charge in [-0.05, 0) is 31.0 Å². The largest absolute Gasteiger partial charge is 0.416 e. The van der Waals surface area contributed by atoms with Gasteiger partial charge in [-0.2, -0.15) is 13.2 Å². The van der Waals surface area contributed by atoms with Crippen molar-refractivity contribution < 1.29 is 27.5 Å². The second-order valence-electron chi connectivity index (χ2n) is 7.07. The third kappa shape index (κ3) is 5.69. The van der Waals surface area contributed by atoms with Crippen LogP contribution in [0.25, 0.3) is 0 Å². The highest BCUT2D eigenvalue weighted by Crippen LogP contribution is 2.29. The average molecular weight is 386 g/mol. The molecule has 27 heavy (non-hydrogen) atoms. The van der Waals surface area contributed by atoms with Gasteiger partial charge in [-0.1, -0.05) is 19.9 Å². The van der Waals surface area contributed by atoms with Crippen LogP contribution < -0.4 is 0 Å². The minimum absolute atomic E-state index is 0.00163. The van der Waals surface area contributed by atoms with E-state index >= 15 is 0 Å². The quantitative estimate of drug-likeness (QED) is 0.782. The van der Waals surface area contributed by atoms with Crippen molar-refractivity contribution in [3.8, 4) is 0 Å². The maximum atomic E-state index is 12.8.